The standard InChI is InChI=1S/C12H16BrF2NO2/c13-10-1-3-11(4-2-10)18-8-6-16(5-7-17)9-12(14)15/h1-4,12,17H,5-9H2. The maximum Gasteiger partial charge on any atom is 0.251 e. The number of hydrogen-bond acceptors (Lipinski definition) is 3. The van der Waals surface area contributed by atoms with E-state index in [-0.39, 0.29) is 19.7 Å². The second-order valence-electron chi connectivity index (χ2n) is 3.72. The van der Waals surface area contributed by atoms with Gasteiger partial charge in [0.05, 0.1) is 13.2 Å². The number of rotatable bonds is 8. The first-order chi connectivity index (χ1) is 8.61. The molecule has 0 fully saturated rings. The third-order valence-electron chi connectivity index (χ3n) is 2.30. The zero-order valence-electron chi connectivity index (χ0n) is 9.86. The second-order valence-corrected chi connectivity index (χ2v) is 4.63. The Labute approximate surface area is 113 Å². The van der Waals surface area contributed by atoms with Crippen molar-refractivity contribution < 1.29 is 18.6 Å². The Morgan fingerprint density at radius 3 is 2.44 bits per heavy atom. The number of hydrogen-bond donors (Lipinski definition) is 1. The summed E-state index contributed by atoms with van der Waals surface area (Å²) in [5, 5.41) is 8.76. The van der Waals surface area contributed by atoms with Gasteiger partial charge in [-0.25, -0.2) is 8.78 Å². The molecule has 0 spiro atoms. The summed E-state index contributed by atoms with van der Waals surface area (Å²) in [6, 6.07) is 7.29. The highest BCUT2D eigenvalue weighted by atomic mass is 79.9. The Kier molecular flexibility index (Phi) is 7.15. The number of benzene rings is 1. The molecule has 0 heterocycles. The lowest BCUT2D eigenvalue weighted by Gasteiger charge is -2.20. The molecular weight excluding hydrogens is 308 g/mol. The largest absolute Gasteiger partial charge is 0.492 e. The second kappa shape index (κ2) is 8.39. The molecule has 0 bridgehead atoms. The average Bonchev–Trinajstić information content (AvgIpc) is 2.31. The lowest BCUT2D eigenvalue weighted by Crippen LogP contribution is -2.35. The molecular formula is C12H16BrF2NO2. The van der Waals surface area contributed by atoms with Crippen LogP contribution in [0.15, 0.2) is 28.7 Å². The molecule has 18 heavy (non-hydrogen) atoms. The van der Waals surface area contributed by atoms with E-state index in [4.69, 9.17) is 9.84 Å². The normalized spacial score (nSPS) is 11.2. The van der Waals surface area contributed by atoms with Crippen LogP contribution in [0, 0.1) is 0 Å². The maximum absolute atomic E-state index is 12.2. The summed E-state index contributed by atoms with van der Waals surface area (Å²) < 4.78 is 30.9. The van der Waals surface area contributed by atoms with E-state index < -0.39 is 6.43 Å². The molecule has 0 radical (unpaired) electrons. The molecule has 0 saturated carbocycles. The summed E-state index contributed by atoms with van der Waals surface area (Å²) >= 11 is 3.31. The number of ether oxygens (including phenoxy) is 1. The zero-order chi connectivity index (χ0) is 13.4. The fraction of sp³-hybridized carbons (Fsp3) is 0.500. The highest BCUT2D eigenvalue weighted by Gasteiger charge is 2.11. The van der Waals surface area contributed by atoms with Crippen molar-refractivity contribution >= 4 is 15.9 Å². The first kappa shape index (κ1) is 15.3. The minimum absolute atomic E-state index is 0.134. The van der Waals surface area contributed by atoms with Gasteiger partial charge in [-0.05, 0) is 24.3 Å². The molecule has 1 aromatic rings. The Morgan fingerprint density at radius 1 is 1.22 bits per heavy atom. The molecule has 3 nitrogen and oxygen atoms in total. The topological polar surface area (TPSA) is 32.7 Å². The first-order valence-corrected chi connectivity index (χ1v) is 6.41. The van der Waals surface area contributed by atoms with Crippen LogP contribution in [0.4, 0.5) is 8.78 Å². The molecule has 0 aliphatic rings. The van der Waals surface area contributed by atoms with Crippen molar-refractivity contribution in [2.45, 2.75) is 6.43 Å². The summed E-state index contributed by atoms with van der Waals surface area (Å²) in [5.74, 6) is 0.694. The molecule has 0 amide bonds. The van der Waals surface area contributed by atoms with E-state index in [1.807, 2.05) is 12.1 Å². The Bertz CT molecular complexity index is 335. The van der Waals surface area contributed by atoms with E-state index in [0.717, 1.165) is 4.47 Å². The lowest BCUT2D eigenvalue weighted by molar-refractivity contribution is 0.0709. The molecule has 1 aromatic carbocycles. The van der Waals surface area contributed by atoms with Crippen LogP contribution in [0.2, 0.25) is 0 Å². The van der Waals surface area contributed by atoms with Crippen LogP contribution >= 0.6 is 15.9 Å². The predicted octanol–water partition coefficient (Wildman–Crippen LogP) is 2.39. The van der Waals surface area contributed by atoms with Crippen LogP contribution in [-0.2, 0) is 0 Å². The third-order valence-corrected chi connectivity index (χ3v) is 2.83. The van der Waals surface area contributed by atoms with Gasteiger partial charge in [-0.1, -0.05) is 15.9 Å². The van der Waals surface area contributed by atoms with Gasteiger partial charge < -0.3 is 9.84 Å². The summed E-state index contributed by atoms with van der Waals surface area (Å²) in [7, 11) is 0. The monoisotopic (exact) mass is 323 g/mol. The molecule has 1 N–H and O–H groups in total. The molecule has 0 saturated heterocycles. The van der Waals surface area contributed by atoms with Gasteiger partial charge in [0.15, 0.2) is 0 Å². The van der Waals surface area contributed by atoms with E-state index in [1.54, 1.807) is 12.1 Å². The molecule has 0 aliphatic heterocycles. The van der Waals surface area contributed by atoms with Crippen LogP contribution in [0.3, 0.4) is 0 Å². The van der Waals surface area contributed by atoms with Crippen LogP contribution in [0.1, 0.15) is 0 Å². The van der Waals surface area contributed by atoms with E-state index in [2.05, 4.69) is 15.9 Å². The maximum atomic E-state index is 12.2. The summed E-state index contributed by atoms with van der Waals surface area (Å²) in [5.41, 5.74) is 0. The molecule has 6 heteroatoms. The number of alkyl halides is 2. The van der Waals surface area contributed by atoms with Crippen molar-refractivity contribution in [1.29, 1.82) is 0 Å². The highest BCUT2D eigenvalue weighted by Crippen LogP contribution is 2.15. The van der Waals surface area contributed by atoms with Gasteiger partial charge in [0, 0.05) is 17.6 Å². The van der Waals surface area contributed by atoms with E-state index in [0.29, 0.717) is 18.9 Å². The Balaban J connectivity index is 2.31. The zero-order valence-corrected chi connectivity index (χ0v) is 11.4. The lowest BCUT2D eigenvalue weighted by atomic mass is 10.3. The SMILES string of the molecule is OCCN(CCOc1ccc(Br)cc1)CC(F)F. The van der Waals surface area contributed by atoms with Gasteiger partial charge >= 0.3 is 0 Å². The average molecular weight is 324 g/mol. The Morgan fingerprint density at radius 2 is 1.89 bits per heavy atom. The van der Waals surface area contributed by atoms with E-state index in [1.165, 1.54) is 4.90 Å². The summed E-state index contributed by atoms with van der Waals surface area (Å²) in [6.45, 7) is 0.429. The smallest absolute Gasteiger partial charge is 0.251 e. The molecule has 0 aromatic heterocycles. The predicted molar refractivity (Wildman–Crippen MR) is 69.2 cm³/mol. The van der Waals surface area contributed by atoms with Crippen molar-refractivity contribution in [2.75, 3.05) is 32.8 Å². The molecule has 102 valence electrons. The quantitative estimate of drug-likeness (QED) is 0.797. The molecule has 0 unspecified atom stereocenters. The van der Waals surface area contributed by atoms with Crippen molar-refractivity contribution in [3.63, 3.8) is 0 Å². The highest BCUT2D eigenvalue weighted by molar-refractivity contribution is 9.10. The van der Waals surface area contributed by atoms with Crippen LogP contribution in [0.25, 0.3) is 0 Å². The van der Waals surface area contributed by atoms with Gasteiger partial charge in [-0.2, -0.15) is 0 Å². The van der Waals surface area contributed by atoms with E-state index >= 15 is 0 Å². The first-order valence-electron chi connectivity index (χ1n) is 5.61. The summed E-state index contributed by atoms with van der Waals surface area (Å²) in [4.78, 5) is 1.48. The molecule has 1 rings (SSSR count). The van der Waals surface area contributed by atoms with E-state index in [9.17, 15) is 8.78 Å². The van der Waals surface area contributed by atoms with Gasteiger partial charge in [0.25, 0.3) is 6.43 Å². The third kappa shape index (κ3) is 6.28. The van der Waals surface area contributed by atoms with Gasteiger partial charge in [-0.15, -0.1) is 0 Å². The Hall–Kier alpha value is -0.720. The van der Waals surface area contributed by atoms with Crippen LogP contribution < -0.4 is 4.74 Å². The van der Waals surface area contributed by atoms with Gasteiger partial charge in [-0.3, -0.25) is 4.90 Å². The van der Waals surface area contributed by atoms with Gasteiger partial charge in [0.1, 0.15) is 12.4 Å². The fourth-order valence-electron chi connectivity index (χ4n) is 1.45. The minimum atomic E-state index is -2.40. The van der Waals surface area contributed by atoms with Gasteiger partial charge in [0.2, 0.25) is 0 Å². The number of aliphatic hydroxyl groups excluding tert-OH is 1. The minimum Gasteiger partial charge on any atom is -0.492 e. The van der Waals surface area contributed by atoms with Crippen molar-refractivity contribution in [3.05, 3.63) is 28.7 Å². The van der Waals surface area contributed by atoms with Crippen molar-refractivity contribution in [3.8, 4) is 5.75 Å². The summed E-state index contributed by atoms with van der Waals surface area (Å²) in [6.07, 6.45) is -2.40. The number of nitrogens with zero attached hydrogens (tertiary/aromatic N) is 1. The molecule has 0 aliphatic carbocycles. The van der Waals surface area contributed by atoms with Crippen molar-refractivity contribution in [1.82, 2.24) is 4.90 Å². The van der Waals surface area contributed by atoms with Crippen LogP contribution in [0.5, 0.6) is 5.75 Å². The van der Waals surface area contributed by atoms with Crippen LogP contribution in [-0.4, -0.2) is 49.3 Å². The fourth-order valence-corrected chi connectivity index (χ4v) is 1.72. The molecule has 0 atom stereocenters. The van der Waals surface area contributed by atoms with Crippen molar-refractivity contribution in [2.24, 2.45) is 0 Å². The number of halogens is 3. The number of aliphatic hydroxyl groups is 1.